The summed E-state index contributed by atoms with van der Waals surface area (Å²) in [5.41, 5.74) is -0.105. The van der Waals surface area contributed by atoms with E-state index in [0.717, 1.165) is 10.9 Å². The van der Waals surface area contributed by atoms with Gasteiger partial charge in [0.15, 0.2) is 0 Å². The highest BCUT2D eigenvalue weighted by molar-refractivity contribution is 7.90. The maximum absolute atomic E-state index is 14.1. The molecule has 0 bridgehead atoms. The Bertz CT molecular complexity index is 2170. The number of amides is 2. The van der Waals surface area contributed by atoms with Crippen LogP contribution in [0.1, 0.15) is 70.0 Å². The highest BCUT2D eigenvalue weighted by atomic mass is 35.5. The number of rotatable bonds is 4. The summed E-state index contributed by atoms with van der Waals surface area (Å²) in [7, 11) is -4.08. The Balaban J connectivity index is 1.69. The Morgan fingerprint density at radius 2 is 1.65 bits per heavy atom. The quantitative estimate of drug-likeness (QED) is 0.242. The SMILES string of the molecule is [C-]#[N+]C[C@H]1CN(c2nc(S(C)(=O)=O)nc3c2CN(C(=O)OC(C)(C)C)C(c2c(Cl)c(C)cc4c2cnn4C(=O)OC(C)(C)C)C3)CCN1C(=O)C(F)(F)F. The third kappa shape index (κ3) is 8.33. The number of piperazine rings is 1. The number of carbonyl (C=O) groups excluding carboxylic acids is 3. The van der Waals surface area contributed by atoms with Crippen molar-refractivity contribution in [1.29, 1.82) is 0 Å². The van der Waals surface area contributed by atoms with E-state index in [2.05, 4.69) is 19.9 Å². The molecule has 54 heavy (non-hydrogen) atoms. The number of nitrogens with zero attached hydrogens (tertiary/aromatic N) is 8. The molecule has 2 aliphatic heterocycles. The van der Waals surface area contributed by atoms with Crippen molar-refractivity contribution in [2.75, 3.05) is 37.3 Å². The molecule has 3 aromatic rings. The van der Waals surface area contributed by atoms with Crippen LogP contribution in [0.25, 0.3) is 15.7 Å². The van der Waals surface area contributed by atoms with Gasteiger partial charge in [-0.05, 0) is 60.1 Å². The Hall–Kier alpha value is -4.70. The number of hydrogen-bond donors (Lipinski definition) is 0. The van der Waals surface area contributed by atoms with Gasteiger partial charge in [0.1, 0.15) is 23.1 Å². The van der Waals surface area contributed by atoms with Crippen LogP contribution in [-0.4, -0.2) is 112 Å². The van der Waals surface area contributed by atoms with E-state index in [4.69, 9.17) is 27.6 Å². The van der Waals surface area contributed by atoms with Crippen molar-refractivity contribution in [3.8, 4) is 0 Å². The first kappa shape index (κ1) is 40.5. The molecule has 1 unspecified atom stereocenters. The summed E-state index contributed by atoms with van der Waals surface area (Å²) < 4.78 is 78.9. The molecule has 0 aliphatic carbocycles. The van der Waals surface area contributed by atoms with E-state index in [-0.39, 0.29) is 48.2 Å². The van der Waals surface area contributed by atoms with E-state index in [1.165, 1.54) is 16.0 Å². The van der Waals surface area contributed by atoms with Crippen LogP contribution in [0.5, 0.6) is 0 Å². The molecule has 1 fully saturated rings. The number of hydrogen-bond acceptors (Lipinski definition) is 11. The number of aryl methyl sites for hydroxylation is 1. The predicted octanol–water partition coefficient (Wildman–Crippen LogP) is 5.51. The van der Waals surface area contributed by atoms with Crippen LogP contribution in [0.2, 0.25) is 5.02 Å². The molecule has 5 rings (SSSR count). The van der Waals surface area contributed by atoms with Crippen molar-refractivity contribution < 1.29 is 45.4 Å². The highest BCUT2D eigenvalue weighted by Gasteiger charge is 2.48. The number of alkyl halides is 3. The summed E-state index contributed by atoms with van der Waals surface area (Å²) in [4.78, 5) is 55.0. The van der Waals surface area contributed by atoms with Crippen LogP contribution in [0, 0.1) is 13.5 Å². The number of benzene rings is 1. The molecule has 4 heterocycles. The van der Waals surface area contributed by atoms with Gasteiger partial charge in [0, 0.05) is 53.8 Å². The van der Waals surface area contributed by atoms with Crippen molar-refractivity contribution in [3.63, 3.8) is 0 Å². The van der Waals surface area contributed by atoms with Gasteiger partial charge in [-0.25, -0.2) is 34.5 Å². The van der Waals surface area contributed by atoms with Gasteiger partial charge in [0.25, 0.3) is 0 Å². The Kier molecular flexibility index (Phi) is 10.6. The van der Waals surface area contributed by atoms with Crippen LogP contribution < -0.4 is 4.90 Å². The molecule has 15 nitrogen and oxygen atoms in total. The second-order valence-electron chi connectivity index (χ2n) is 15.2. The van der Waals surface area contributed by atoms with Crippen molar-refractivity contribution in [2.24, 2.45) is 0 Å². The lowest BCUT2D eigenvalue weighted by atomic mass is 9.90. The van der Waals surface area contributed by atoms with Crippen LogP contribution >= 0.6 is 11.6 Å². The minimum Gasteiger partial charge on any atom is -0.444 e. The fourth-order valence-electron chi connectivity index (χ4n) is 6.42. The lowest BCUT2D eigenvalue weighted by Crippen LogP contribution is -2.59. The highest BCUT2D eigenvalue weighted by Crippen LogP contribution is 2.44. The monoisotopic (exact) mass is 796 g/mol. The van der Waals surface area contributed by atoms with Gasteiger partial charge in [0.2, 0.25) is 21.5 Å². The van der Waals surface area contributed by atoms with Crippen LogP contribution in [0.4, 0.5) is 28.6 Å². The van der Waals surface area contributed by atoms with Crippen molar-refractivity contribution >= 4 is 56.3 Å². The second-order valence-corrected chi connectivity index (χ2v) is 17.5. The molecule has 2 amide bonds. The molecular weight excluding hydrogens is 757 g/mol. The number of halogens is 4. The number of fused-ring (bicyclic) bond motifs is 2. The number of anilines is 1. The van der Waals surface area contributed by atoms with Gasteiger partial charge in [-0.3, -0.25) is 9.69 Å². The zero-order valence-corrected chi connectivity index (χ0v) is 32.5. The molecule has 0 radical (unpaired) electrons. The summed E-state index contributed by atoms with van der Waals surface area (Å²) >= 11 is 7.00. The first-order valence-electron chi connectivity index (χ1n) is 16.8. The molecule has 20 heteroatoms. The minimum absolute atomic E-state index is 0.0137. The third-order valence-electron chi connectivity index (χ3n) is 8.62. The van der Waals surface area contributed by atoms with Crippen LogP contribution in [0.15, 0.2) is 17.4 Å². The van der Waals surface area contributed by atoms with E-state index in [9.17, 15) is 36.0 Å². The Morgan fingerprint density at radius 3 is 2.22 bits per heavy atom. The molecule has 1 aromatic carbocycles. The number of carbonyl (C=O) groups is 3. The van der Waals surface area contributed by atoms with E-state index >= 15 is 0 Å². The van der Waals surface area contributed by atoms with E-state index in [1.54, 1.807) is 54.5 Å². The first-order valence-corrected chi connectivity index (χ1v) is 19.0. The molecule has 0 spiro atoms. The van der Waals surface area contributed by atoms with Gasteiger partial charge in [-0.2, -0.15) is 23.0 Å². The predicted molar refractivity (Wildman–Crippen MR) is 190 cm³/mol. The smallest absolute Gasteiger partial charge is 0.444 e. The molecule has 1 saturated heterocycles. The lowest BCUT2D eigenvalue weighted by Gasteiger charge is -2.42. The fourth-order valence-corrected chi connectivity index (χ4v) is 7.23. The van der Waals surface area contributed by atoms with Crippen LogP contribution in [-0.2, 0) is 37.1 Å². The van der Waals surface area contributed by atoms with Gasteiger partial charge in [-0.15, -0.1) is 0 Å². The zero-order chi connectivity index (χ0) is 40.3. The normalized spacial score (nSPS) is 18.3. The molecular formula is C34H40ClF3N8O7S. The average molecular weight is 797 g/mol. The maximum atomic E-state index is 14.1. The lowest BCUT2D eigenvalue weighted by molar-refractivity contribution is -0.187. The molecule has 0 N–H and O–H groups in total. The van der Waals surface area contributed by atoms with Gasteiger partial charge < -0.3 is 24.1 Å². The van der Waals surface area contributed by atoms with E-state index < -0.39 is 75.6 Å². The molecule has 292 valence electrons. The van der Waals surface area contributed by atoms with E-state index in [1.807, 2.05) is 0 Å². The van der Waals surface area contributed by atoms with E-state index in [0.29, 0.717) is 26.9 Å². The Morgan fingerprint density at radius 1 is 1.02 bits per heavy atom. The van der Waals surface area contributed by atoms with Crippen LogP contribution in [0.3, 0.4) is 0 Å². The van der Waals surface area contributed by atoms with Crippen molar-refractivity contribution in [3.05, 3.63) is 51.1 Å². The summed E-state index contributed by atoms with van der Waals surface area (Å²) in [6.45, 7) is 17.5. The summed E-state index contributed by atoms with van der Waals surface area (Å²) in [6, 6.07) is -0.529. The summed E-state index contributed by atoms with van der Waals surface area (Å²) in [6.07, 6.45) is -4.54. The zero-order valence-electron chi connectivity index (χ0n) is 30.9. The molecule has 2 aliphatic rings. The third-order valence-corrected chi connectivity index (χ3v) is 9.97. The minimum atomic E-state index is -5.17. The van der Waals surface area contributed by atoms with Crippen molar-refractivity contribution in [1.82, 2.24) is 29.5 Å². The number of aromatic nitrogens is 4. The summed E-state index contributed by atoms with van der Waals surface area (Å²) in [5, 5.41) is 4.34. The molecule has 0 saturated carbocycles. The molecule has 2 aromatic heterocycles. The topological polar surface area (TPSA) is 161 Å². The Labute approximate surface area is 315 Å². The number of sulfone groups is 1. The largest absolute Gasteiger partial charge is 0.471 e. The maximum Gasteiger partial charge on any atom is 0.471 e. The van der Waals surface area contributed by atoms with Gasteiger partial charge in [0.05, 0.1) is 30.0 Å². The first-order chi connectivity index (χ1) is 24.8. The second kappa shape index (κ2) is 14.2. The number of ether oxygens (including phenoxy) is 2. The average Bonchev–Trinajstić information content (AvgIpc) is 3.45. The van der Waals surface area contributed by atoms with Gasteiger partial charge >= 0.3 is 24.3 Å². The fraction of sp³-hybridized carbons (Fsp3) is 0.559. The van der Waals surface area contributed by atoms with Gasteiger partial charge in [-0.1, -0.05) is 11.6 Å². The van der Waals surface area contributed by atoms with Crippen molar-refractivity contribution in [2.45, 2.75) is 96.1 Å². The summed E-state index contributed by atoms with van der Waals surface area (Å²) in [5.74, 6) is -2.08. The standard InChI is InChI=1S/C34H40ClF3N8O7S/c1-18-12-23-20(15-40-46(23)31(49)53-33(5,6)7)25(26(18)35)24-13-22-21(17-45(24)30(48)52-32(2,3)4)27(42-29(41-22)54(9,50)51)43-10-11-44(19(16-43)14-39-8)28(47)34(36,37)38/h12,15,19,24H,10-11,13-14,16-17H2,1-7,9H3/t19-,24?/m0/s1. The molecule has 2 atom stereocenters.